The summed E-state index contributed by atoms with van der Waals surface area (Å²) in [4.78, 5) is 56.4. The number of pyridine rings is 1. The molecule has 0 aliphatic heterocycles. The second-order valence-electron chi connectivity index (χ2n) is 8.34. The van der Waals surface area contributed by atoms with E-state index in [4.69, 9.17) is 4.74 Å². The van der Waals surface area contributed by atoms with Crippen LogP contribution in [0, 0.1) is 13.8 Å². The maximum absolute atomic E-state index is 13.4. The summed E-state index contributed by atoms with van der Waals surface area (Å²) < 4.78 is 7.19. The lowest BCUT2D eigenvalue weighted by molar-refractivity contribution is -0.116. The molecule has 1 saturated carbocycles. The van der Waals surface area contributed by atoms with Crippen LogP contribution in [0.3, 0.4) is 0 Å². The maximum atomic E-state index is 13.4. The van der Waals surface area contributed by atoms with Gasteiger partial charge in [0.25, 0.3) is 5.56 Å². The van der Waals surface area contributed by atoms with Gasteiger partial charge in [-0.15, -0.1) is 0 Å². The Hall–Kier alpha value is -3.75. The molecule has 2 heterocycles. The molecule has 9 heteroatoms. The van der Waals surface area contributed by atoms with Crippen LogP contribution < -0.4 is 16.6 Å². The smallest absolute Gasteiger partial charge is 0.339 e. The number of rotatable bonds is 6. The molecule has 1 aliphatic rings. The van der Waals surface area contributed by atoms with Crippen molar-refractivity contribution in [3.8, 4) is 0 Å². The van der Waals surface area contributed by atoms with Crippen molar-refractivity contribution in [3.05, 3.63) is 67.5 Å². The van der Waals surface area contributed by atoms with Gasteiger partial charge in [-0.1, -0.05) is 18.2 Å². The molecular formula is C24H26N4O5. The summed E-state index contributed by atoms with van der Waals surface area (Å²) in [5.74, 6) is -0.983. The maximum Gasteiger partial charge on any atom is 0.339 e. The highest BCUT2D eigenvalue weighted by Crippen LogP contribution is 2.40. The van der Waals surface area contributed by atoms with Crippen LogP contribution in [0.4, 0.5) is 5.69 Å². The Bertz CT molecular complexity index is 1380. The number of carbonyl (C=O) groups excluding carboxylic acids is 2. The van der Waals surface area contributed by atoms with E-state index < -0.39 is 29.7 Å². The first-order valence-corrected chi connectivity index (χ1v) is 10.9. The number of nitrogens with zero attached hydrogens (tertiary/aromatic N) is 3. The molecule has 4 rings (SSSR count). The van der Waals surface area contributed by atoms with Gasteiger partial charge in [0.15, 0.2) is 0 Å². The molecule has 1 amide bonds. The van der Waals surface area contributed by atoms with Crippen LogP contribution in [0.25, 0.3) is 11.0 Å². The van der Waals surface area contributed by atoms with E-state index in [1.807, 2.05) is 32.0 Å². The van der Waals surface area contributed by atoms with Crippen molar-refractivity contribution in [2.45, 2.75) is 46.1 Å². The third-order valence-electron chi connectivity index (χ3n) is 5.85. The van der Waals surface area contributed by atoms with Crippen molar-refractivity contribution in [1.82, 2.24) is 14.1 Å². The first-order valence-electron chi connectivity index (χ1n) is 10.9. The number of amides is 1. The number of hydrogen-bond acceptors (Lipinski definition) is 6. The van der Waals surface area contributed by atoms with Crippen molar-refractivity contribution >= 4 is 28.6 Å². The van der Waals surface area contributed by atoms with E-state index in [9.17, 15) is 19.2 Å². The summed E-state index contributed by atoms with van der Waals surface area (Å²) in [5, 5.41) is 2.76. The third-order valence-corrected chi connectivity index (χ3v) is 5.85. The zero-order valence-electron chi connectivity index (χ0n) is 19.1. The molecule has 1 fully saturated rings. The SMILES string of the molecule is CCOC(=O)c1cc(C2CC2)nc2c1c(=O)n(CC(=O)Nc1c(C)cccc1C)c(=O)n2C. The van der Waals surface area contributed by atoms with Crippen LogP contribution in [0.15, 0.2) is 33.9 Å². The molecule has 0 bridgehead atoms. The van der Waals surface area contributed by atoms with E-state index in [2.05, 4.69) is 10.3 Å². The van der Waals surface area contributed by atoms with Gasteiger partial charge < -0.3 is 10.1 Å². The second kappa shape index (κ2) is 8.65. The number of ether oxygens (including phenoxy) is 1. The minimum Gasteiger partial charge on any atom is -0.462 e. The van der Waals surface area contributed by atoms with Crippen LogP contribution >= 0.6 is 0 Å². The van der Waals surface area contributed by atoms with Crippen molar-refractivity contribution in [1.29, 1.82) is 0 Å². The summed E-state index contributed by atoms with van der Waals surface area (Å²) in [6.45, 7) is 5.04. The van der Waals surface area contributed by atoms with Crippen molar-refractivity contribution in [2.75, 3.05) is 11.9 Å². The fourth-order valence-corrected chi connectivity index (χ4v) is 3.93. The second-order valence-corrected chi connectivity index (χ2v) is 8.34. The van der Waals surface area contributed by atoms with Crippen LogP contribution in [-0.2, 0) is 23.1 Å². The molecule has 0 unspecified atom stereocenters. The highest BCUT2D eigenvalue weighted by Gasteiger charge is 2.29. The number of fused-ring (bicyclic) bond motifs is 1. The fourth-order valence-electron chi connectivity index (χ4n) is 3.93. The van der Waals surface area contributed by atoms with Gasteiger partial charge in [0, 0.05) is 24.3 Å². The Balaban J connectivity index is 1.82. The van der Waals surface area contributed by atoms with Crippen molar-refractivity contribution in [3.63, 3.8) is 0 Å². The summed E-state index contributed by atoms with van der Waals surface area (Å²) in [5.41, 5.74) is 1.77. The number of para-hydroxylation sites is 1. The lowest BCUT2D eigenvalue weighted by Crippen LogP contribution is -2.42. The largest absolute Gasteiger partial charge is 0.462 e. The third kappa shape index (κ3) is 4.18. The van der Waals surface area contributed by atoms with E-state index in [0.717, 1.165) is 28.5 Å². The summed E-state index contributed by atoms with van der Waals surface area (Å²) >= 11 is 0. The lowest BCUT2D eigenvalue weighted by atomic mass is 10.1. The quantitative estimate of drug-likeness (QED) is 0.577. The Kier molecular flexibility index (Phi) is 5.88. The van der Waals surface area contributed by atoms with Gasteiger partial charge in [-0.3, -0.25) is 18.7 Å². The number of nitrogens with one attached hydrogen (secondary N) is 1. The van der Waals surface area contributed by atoms with Gasteiger partial charge in [-0.05, 0) is 50.8 Å². The van der Waals surface area contributed by atoms with Gasteiger partial charge in [0.05, 0.1) is 17.6 Å². The molecule has 0 atom stereocenters. The van der Waals surface area contributed by atoms with Crippen molar-refractivity contribution in [2.24, 2.45) is 7.05 Å². The van der Waals surface area contributed by atoms with Gasteiger partial charge in [0.2, 0.25) is 5.91 Å². The zero-order chi connectivity index (χ0) is 23.9. The standard InChI is InChI=1S/C24H26N4O5/c1-5-33-23(31)16-11-17(15-9-10-15)25-21-19(16)22(30)28(24(32)27(21)4)12-18(29)26-20-13(2)7-6-8-14(20)3/h6-8,11,15H,5,9-10,12H2,1-4H3,(H,26,29). The minimum absolute atomic E-state index is 0.0279. The van der Waals surface area contributed by atoms with E-state index in [1.54, 1.807) is 13.0 Å². The summed E-state index contributed by atoms with van der Waals surface area (Å²) in [7, 11) is 1.47. The number of esters is 1. The molecule has 172 valence electrons. The molecule has 0 saturated heterocycles. The topological polar surface area (TPSA) is 112 Å². The minimum atomic E-state index is -0.748. The highest BCUT2D eigenvalue weighted by molar-refractivity contribution is 6.02. The number of hydrogen-bond donors (Lipinski definition) is 1. The summed E-state index contributed by atoms with van der Waals surface area (Å²) in [6.07, 6.45) is 1.87. The fraction of sp³-hybridized carbons (Fsp3) is 0.375. The normalized spacial score (nSPS) is 13.2. The van der Waals surface area contributed by atoms with Crippen LogP contribution in [0.2, 0.25) is 0 Å². The highest BCUT2D eigenvalue weighted by atomic mass is 16.5. The predicted molar refractivity (Wildman–Crippen MR) is 124 cm³/mol. The number of anilines is 1. The van der Waals surface area contributed by atoms with Crippen LogP contribution in [0.1, 0.15) is 52.9 Å². The van der Waals surface area contributed by atoms with E-state index >= 15 is 0 Å². The molecule has 0 spiro atoms. The van der Waals surface area contributed by atoms with E-state index in [0.29, 0.717) is 11.4 Å². The Labute approximate surface area is 190 Å². The molecule has 1 N–H and O–H groups in total. The van der Waals surface area contributed by atoms with Gasteiger partial charge in [-0.2, -0.15) is 0 Å². The predicted octanol–water partition coefficient (Wildman–Crippen LogP) is 2.40. The number of aryl methyl sites for hydroxylation is 3. The number of benzene rings is 1. The monoisotopic (exact) mass is 450 g/mol. The van der Waals surface area contributed by atoms with Crippen LogP contribution in [0.5, 0.6) is 0 Å². The van der Waals surface area contributed by atoms with Gasteiger partial charge in [-0.25, -0.2) is 14.6 Å². The average Bonchev–Trinajstić information content (AvgIpc) is 3.62. The average molecular weight is 450 g/mol. The summed E-state index contributed by atoms with van der Waals surface area (Å²) in [6, 6.07) is 7.17. The first-order chi connectivity index (χ1) is 15.7. The first kappa shape index (κ1) is 22.4. The molecule has 3 aromatic rings. The Morgan fingerprint density at radius 3 is 2.45 bits per heavy atom. The zero-order valence-corrected chi connectivity index (χ0v) is 19.1. The molecule has 33 heavy (non-hydrogen) atoms. The van der Waals surface area contributed by atoms with Crippen molar-refractivity contribution < 1.29 is 14.3 Å². The van der Waals surface area contributed by atoms with Gasteiger partial charge >= 0.3 is 11.7 Å². The molecule has 0 radical (unpaired) electrons. The Morgan fingerprint density at radius 1 is 1.18 bits per heavy atom. The van der Waals surface area contributed by atoms with Gasteiger partial charge in [0.1, 0.15) is 12.2 Å². The molecular weight excluding hydrogens is 424 g/mol. The molecule has 1 aliphatic carbocycles. The number of carbonyl (C=O) groups is 2. The molecule has 9 nitrogen and oxygen atoms in total. The van der Waals surface area contributed by atoms with Crippen LogP contribution in [-0.4, -0.2) is 32.6 Å². The lowest BCUT2D eigenvalue weighted by Gasteiger charge is -2.15. The molecule has 2 aromatic heterocycles. The molecule has 1 aromatic carbocycles. The Morgan fingerprint density at radius 2 is 1.85 bits per heavy atom. The number of aromatic nitrogens is 3. The van der Waals surface area contributed by atoms with E-state index in [-0.39, 0.29) is 29.1 Å². The van der Waals surface area contributed by atoms with E-state index in [1.165, 1.54) is 11.6 Å².